The van der Waals surface area contributed by atoms with Crippen LogP contribution in [-0.2, 0) is 25.9 Å². The average Bonchev–Trinajstić information content (AvgIpc) is 3.49. The second kappa shape index (κ2) is 8.91. The van der Waals surface area contributed by atoms with Crippen molar-refractivity contribution in [1.29, 1.82) is 0 Å². The van der Waals surface area contributed by atoms with Gasteiger partial charge in [-0.25, -0.2) is 19.9 Å². The van der Waals surface area contributed by atoms with Gasteiger partial charge < -0.3 is 14.9 Å². The molecular formula is C24H17F6N7. The Morgan fingerprint density at radius 1 is 0.892 bits per heavy atom. The Kier molecular flexibility index (Phi) is 5.85. The maximum absolute atomic E-state index is 13.5. The van der Waals surface area contributed by atoms with Gasteiger partial charge in [-0.05, 0) is 11.6 Å². The standard InChI is InChI=1S/C24H17F6N7/c1-37-11-17(24(28,29)30)34-22(37)14-8-6-13(7-9-14)10-31-20-18-21(33-12-32-18)36-19(35-20)15-4-2-3-5-16(15)23(25,26)27/h2-9,11-12H,10H2,1H3,(H2,31,32,33,35,36). The van der Waals surface area contributed by atoms with Crippen LogP contribution in [0.3, 0.4) is 0 Å². The predicted octanol–water partition coefficient (Wildman–Crippen LogP) is 6.07. The summed E-state index contributed by atoms with van der Waals surface area (Å²) in [5.41, 5.74) is -0.183. The summed E-state index contributed by atoms with van der Waals surface area (Å²) < 4.78 is 80.8. The third kappa shape index (κ3) is 4.84. The van der Waals surface area contributed by atoms with Crippen molar-refractivity contribution in [3.05, 3.63) is 77.9 Å². The number of hydrogen-bond acceptors (Lipinski definition) is 5. The number of alkyl halides is 6. The maximum atomic E-state index is 13.5. The number of halogens is 6. The van der Waals surface area contributed by atoms with Crippen LogP contribution in [0.15, 0.2) is 61.1 Å². The summed E-state index contributed by atoms with van der Waals surface area (Å²) in [6, 6.07) is 11.7. The normalized spacial score (nSPS) is 12.3. The number of anilines is 1. The van der Waals surface area contributed by atoms with Crippen molar-refractivity contribution in [2.75, 3.05) is 5.32 Å². The highest BCUT2D eigenvalue weighted by Crippen LogP contribution is 2.36. The van der Waals surface area contributed by atoms with E-state index in [1.54, 1.807) is 24.3 Å². The number of imidazole rings is 2. The number of H-pyrrole nitrogens is 1. The van der Waals surface area contributed by atoms with Gasteiger partial charge >= 0.3 is 12.4 Å². The van der Waals surface area contributed by atoms with Crippen molar-refractivity contribution in [2.45, 2.75) is 18.9 Å². The summed E-state index contributed by atoms with van der Waals surface area (Å²) in [7, 11) is 1.48. The van der Waals surface area contributed by atoms with Gasteiger partial charge in [0, 0.05) is 30.9 Å². The zero-order chi connectivity index (χ0) is 26.4. The lowest BCUT2D eigenvalue weighted by atomic mass is 10.1. The molecule has 0 fully saturated rings. The van der Waals surface area contributed by atoms with Crippen LogP contribution in [0.25, 0.3) is 33.9 Å². The Balaban J connectivity index is 1.41. The van der Waals surface area contributed by atoms with Crippen LogP contribution in [0.4, 0.5) is 32.2 Å². The fraction of sp³-hybridized carbons (Fsp3) is 0.167. The van der Waals surface area contributed by atoms with Gasteiger partial charge in [0.15, 0.2) is 23.0 Å². The zero-order valence-corrected chi connectivity index (χ0v) is 19.0. The molecule has 7 nitrogen and oxygen atoms in total. The number of fused-ring (bicyclic) bond motifs is 1. The molecule has 5 rings (SSSR count). The second-order valence-electron chi connectivity index (χ2n) is 8.15. The molecule has 0 saturated carbocycles. The van der Waals surface area contributed by atoms with E-state index < -0.39 is 23.6 Å². The van der Waals surface area contributed by atoms with Gasteiger partial charge in [0.2, 0.25) is 0 Å². The molecule has 2 N–H and O–H groups in total. The first kappa shape index (κ1) is 24.3. The SMILES string of the molecule is Cn1cc(C(F)(F)F)nc1-c1ccc(CNc2nc(-c3ccccc3C(F)(F)F)nc3nc[nH]c23)cc1. The Labute approximate surface area is 205 Å². The molecule has 0 aliphatic carbocycles. The smallest absolute Gasteiger partial charge is 0.364 e. The molecule has 0 aliphatic rings. The molecular weight excluding hydrogens is 500 g/mol. The third-order valence-corrected chi connectivity index (χ3v) is 5.60. The number of aryl methyl sites for hydroxylation is 1. The fourth-order valence-corrected chi connectivity index (χ4v) is 3.84. The first-order chi connectivity index (χ1) is 17.5. The van der Waals surface area contributed by atoms with Crippen LogP contribution in [0.5, 0.6) is 0 Å². The van der Waals surface area contributed by atoms with Crippen molar-refractivity contribution in [2.24, 2.45) is 7.05 Å². The molecule has 13 heteroatoms. The van der Waals surface area contributed by atoms with E-state index in [4.69, 9.17) is 0 Å². The van der Waals surface area contributed by atoms with E-state index in [-0.39, 0.29) is 35.2 Å². The molecule has 0 amide bonds. The zero-order valence-electron chi connectivity index (χ0n) is 19.0. The van der Waals surface area contributed by atoms with E-state index in [2.05, 4.69) is 30.2 Å². The number of aromatic nitrogens is 6. The minimum absolute atomic E-state index is 0.138. The fourth-order valence-electron chi connectivity index (χ4n) is 3.84. The third-order valence-electron chi connectivity index (χ3n) is 5.60. The van der Waals surface area contributed by atoms with E-state index in [0.29, 0.717) is 11.1 Å². The van der Waals surface area contributed by atoms with Gasteiger partial charge in [-0.1, -0.05) is 42.5 Å². The summed E-state index contributed by atoms with van der Waals surface area (Å²) in [5.74, 6) is 0.271. The summed E-state index contributed by atoms with van der Waals surface area (Å²) in [6.45, 7) is 0.222. The van der Waals surface area contributed by atoms with E-state index in [9.17, 15) is 26.3 Å². The molecule has 3 aromatic heterocycles. The molecule has 0 radical (unpaired) electrons. The summed E-state index contributed by atoms with van der Waals surface area (Å²) >= 11 is 0. The molecule has 3 heterocycles. The average molecular weight is 517 g/mol. The van der Waals surface area contributed by atoms with Crippen molar-refractivity contribution in [3.8, 4) is 22.8 Å². The van der Waals surface area contributed by atoms with Gasteiger partial charge in [-0.2, -0.15) is 26.3 Å². The first-order valence-corrected chi connectivity index (χ1v) is 10.8. The molecule has 0 atom stereocenters. The summed E-state index contributed by atoms with van der Waals surface area (Å²) in [5, 5.41) is 3.08. The van der Waals surface area contributed by atoms with E-state index in [0.717, 1.165) is 17.8 Å². The molecule has 2 aromatic carbocycles. The molecule has 37 heavy (non-hydrogen) atoms. The van der Waals surface area contributed by atoms with Gasteiger partial charge in [-0.15, -0.1) is 0 Å². The van der Waals surface area contributed by atoms with Gasteiger partial charge in [0.05, 0.1) is 11.9 Å². The quantitative estimate of drug-likeness (QED) is 0.277. The number of nitrogens with one attached hydrogen (secondary N) is 2. The van der Waals surface area contributed by atoms with Gasteiger partial charge in [0.25, 0.3) is 0 Å². The van der Waals surface area contributed by atoms with Crippen molar-refractivity contribution in [1.82, 2.24) is 29.5 Å². The van der Waals surface area contributed by atoms with Crippen LogP contribution in [0, 0.1) is 0 Å². The van der Waals surface area contributed by atoms with Crippen LogP contribution in [-0.4, -0.2) is 29.5 Å². The highest BCUT2D eigenvalue weighted by atomic mass is 19.4. The molecule has 0 spiro atoms. The first-order valence-electron chi connectivity index (χ1n) is 10.8. The van der Waals surface area contributed by atoms with Crippen LogP contribution >= 0.6 is 0 Å². The second-order valence-corrected chi connectivity index (χ2v) is 8.15. The van der Waals surface area contributed by atoms with E-state index >= 15 is 0 Å². The van der Waals surface area contributed by atoms with Crippen molar-refractivity contribution in [3.63, 3.8) is 0 Å². The highest BCUT2D eigenvalue weighted by Gasteiger charge is 2.35. The predicted molar refractivity (Wildman–Crippen MR) is 123 cm³/mol. The van der Waals surface area contributed by atoms with Crippen molar-refractivity contribution < 1.29 is 26.3 Å². The number of aromatic amines is 1. The molecule has 0 saturated heterocycles. The van der Waals surface area contributed by atoms with Crippen LogP contribution in [0.1, 0.15) is 16.8 Å². The van der Waals surface area contributed by atoms with Gasteiger partial charge in [-0.3, -0.25) is 0 Å². The maximum Gasteiger partial charge on any atom is 0.434 e. The number of benzene rings is 2. The largest absolute Gasteiger partial charge is 0.434 e. The lowest BCUT2D eigenvalue weighted by Gasteiger charge is -2.13. The topological polar surface area (TPSA) is 84.3 Å². The highest BCUT2D eigenvalue weighted by molar-refractivity contribution is 5.85. The van der Waals surface area contributed by atoms with Gasteiger partial charge in [0.1, 0.15) is 11.3 Å². The Bertz CT molecular complexity index is 1570. The molecule has 0 aliphatic heterocycles. The van der Waals surface area contributed by atoms with Crippen LogP contribution in [0.2, 0.25) is 0 Å². The Hall–Kier alpha value is -4.42. The molecule has 190 valence electrons. The molecule has 0 unspecified atom stereocenters. The minimum Gasteiger partial charge on any atom is -0.364 e. The van der Waals surface area contributed by atoms with Crippen molar-refractivity contribution >= 4 is 17.0 Å². The van der Waals surface area contributed by atoms with E-state index in [1.165, 1.54) is 36.1 Å². The summed E-state index contributed by atoms with van der Waals surface area (Å²) in [6.07, 6.45) is -6.86. The molecule has 5 aromatic rings. The number of rotatable bonds is 5. The number of hydrogen-bond donors (Lipinski definition) is 2. The minimum atomic E-state index is -4.59. The Morgan fingerprint density at radius 2 is 1.62 bits per heavy atom. The number of nitrogens with zero attached hydrogens (tertiary/aromatic N) is 5. The Morgan fingerprint density at radius 3 is 2.30 bits per heavy atom. The molecule has 0 bridgehead atoms. The monoisotopic (exact) mass is 517 g/mol. The lowest BCUT2D eigenvalue weighted by molar-refractivity contribution is -0.141. The lowest BCUT2D eigenvalue weighted by Crippen LogP contribution is -2.09. The van der Waals surface area contributed by atoms with Crippen LogP contribution < -0.4 is 5.32 Å². The summed E-state index contributed by atoms with van der Waals surface area (Å²) in [4.78, 5) is 19.1. The van der Waals surface area contributed by atoms with E-state index in [1.807, 2.05) is 0 Å².